The van der Waals surface area contributed by atoms with E-state index in [-0.39, 0.29) is 29.7 Å². The third-order valence-electron chi connectivity index (χ3n) is 5.52. The first-order valence-electron chi connectivity index (χ1n) is 8.49. The lowest BCUT2D eigenvalue weighted by atomic mass is 9.77. The number of methoxy groups -OCH3 is 2. The number of rotatable bonds is 3. The summed E-state index contributed by atoms with van der Waals surface area (Å²) in [6.45, 7) is 0.679. The molecule has 0 radical (unpaired) electrons. The van der Waals surface area contributed by atoms with E-state index in [0.717, 1.165) is 18.4 Å². The van der Waals surface area contributed by atoms with Crippen molar-refractivity contribution >= 4 is 11.7 Å². The summed E-state index contributed by atoms with van der Waals surface area (Å²) in [6.07, 6.45) is 2.92. The summed E-state index contributed by atoms with van der Waals surface area (Å²) in [4.78, 5) is 25.0. The Balaban J connectivity index is 1.78. The van der Waals surface area contributed by atoms with E-state index in [1.165, 1.54) is 0 Å². The monoisotopic (exact) mass is 330 g/mol. The third kappa shape index (κ3) is 2.13. The van der Waals surface area contributed by atoms with Crippen molar-refractivity contribution < 1.29 is 19.1 Å². The Morgan fingerprint density at radius 3 is 2.62 bits per heavy atom. The average molecular weight is 330 g/mol. The summed E-state index contributed by atoms with van der Waals surface area (Å²) >= 11 is 0. The molecule has 128 valence electrons. The van der Waals surface area contributed by atoms with Crippen LogP contribution in [-0.4, -0.2) is 48.5 Å². The van der Waals surface area contributed by atoms with Crippen LogP contribution in [0.2, 0.25) is 0 Å². The fourth-order valence-corrected chi connectivity index (χ4v) is 4.53. The number of hydrazine groups is 1. The Morgan fingerprint density at radius 2 is 1.88 bits per heavy atom. The zero-order valence-electron chi connectivity index (χ0n) is 14.0. The van der Waals surface area contributed by atoms with Crippen LogP contribution >= 0.6 is 0 Å². The van der Waals surface area contributed by atoms with Gasteiger partial charge in [-0.15, -0.1) is 0 Å². The van der Waals surface area contributed by atoms with Gasteiger partial charge in [-0.2, -0.15) is 0 Å². The quantitative estimate of drug-likeness (QED) is 0.848. The van der Waals surface area contributed by atoms with E-state index >= 15 is 0 Å². The topological polar surface area (TPSA) is 59.1 Å². The van der Waals surface area contributed by atoms with Gasteiger partial charge in [-0.3, -0.25) is 14.6 Å². The molecule has 6 nitrogen and oxygen atoms in total. The standard InChI is InChI=1S/C18H22N2O4/c1-23-14-7-6-11(10-15(14)24-2)18-17-12(4-3-5-13(17)21)20-16(22)8-9-19(18)20/h6-7,10,12,17-18H,3-5,8-9H2,1-2H3/t12-,17-,18-/m1/s1. The van der Waals surface area contributed by atoms with Gasteiger partial charge in [-0.1, -0.05) is 6.07 Å². The first-order chi connectivity index (χ1) is 11.7. The van der Waals surface area contributed by atoms with E-state index in [4.69, 9.17) is 9.47 Å². The fraction of sp³-hybridized carbons (Fsp3) is 0.556. The molecular formula is C18H22N2O4. The van der Waals surface area contributed by atoms with Crippen molar-refractivity contribution in [1.82, 2.24) is 10.0 Å². The first kappa shape index (κ1) is 15.4. The van der Waals surface area contributed by atoms with E-state index in [0.29, 0.717) is 30.9 Å². The summed E-state index contributed by atoms with van der Waals surface area (Å²) in [6, 6.07) is 5.72. The van der Waals surface area contributed by atoms with Gasteiger partial charge in [0.25, 0.3) is 0 Å². The van der Waals surface area contributed by atoms with Crippen LogP contribution in [0.15, 0.2) is 18.2 Å². The normalized spacial score (nSPS) is 29.6. The molecule has 2 saturated heterocycles. The largest absolute Gasteiger partial charge is 0.493 e. The van der Waals surface area contributed by atoms with Crippen molar-refractivity contribution in [1.29, 1.82) is 0 Å². The molecule has 1 saturated carbocycles. The van der Waals surface area contributed by atoms with Crippen molar-refractivity contribution in [2.45, 2.75) is 37.8 Å². The molecule has 0 bridgehead atoms. The summed E-state index contributed by atoms with van der Waals surface area (Å²) < 4.78 is 10.7. The van der Waals surface area contributed by atoms with Gasteiger partial charge in [-0.25, -0.2) is 5.01 Å². The molecule has 0 N–H and O–H groups in total. The maximum absolute atomic E-state index is 12.7. The van der Waals surface area contributed by atoms with Crippen LogP contribution in [0.4, 0.5) is 0 Å². The van der Waals surface area contributed by atoms with E-state index in [1.54, 1.807) is 14.2 Å². The van der Waals surface area contributed by atoms with E-state index in [9.17, 15) is 9.59 Å². The number of ether oxygens (including phenoxy) is 2. The maximum Gasteiger partial charge on any atom is 0.238 e. The lowest BCUT2D eigenvalue weighted by Gasteiger charge is -2.29. The molecule has 6 heteroatoms. The fourth-order valence-electron chi connectivity index (χ4n) is 4.53. The lowest BCUT2D eigenvalue weighted by molar-refractivity contribution is -0.139. The van der Waals surface area contributed by atoms with Gasteiger partial charge in [-0.05, 0) is 30.5 Å². The molecule has 3 atom stereocenters. The number of hydrogen-bond donors (Lipinski definition) is 0. The summed E-state index contributed by atoms with van der Waals surface area (Å²) in [5.74, 6) is 1.59. The molecule has 0 spiro atoms. The van der Waals surface area contributed by atoms with Crippen LogP contribution in [0, 0.1) is 5.92 Å². The van der Waals surface area contributed by atoms with Gasteiger partial charge in [0, 0.05) is 19.4 Å². The van der Waals surface area contributed by atoms with Gasteiger partial charge in [0.2, 0.25) is 5.91 Å². The molecule has 24 heavy (non-hydrogen) atoms. The summed E-state index contributed by atoms with van der Waals surface area (Å²) in [5, 5.41) is 3.96. The second kappa shape index (κ2) is 5.77. The van der Waals surface area contributed by atoms with E-state index in [1.807, 2.05) is 23.2 Å². The second-order valence-corrected chi connectivity index (χ2v) is 6.66. The van der Waals surface area contributed by atoms with Crippen LogP contribution < -0.4 is 9.47 Å². The Hall–Kier alpha value is -2.08. The van der Waals surface area contributed by atoms with Crippen molar-refractivity contribution in [3.63, 3.8) is 0 Å². The van der Waals surface area contributed by atoms with Crippen LogP contribution in [0.5, 0.6) is 11.5 Å². The van der Waals surface area contributed by atoms with Crippen LogP contribution in [-0.2, 0) is 9.59 Å². The van der Waals surface area contributed by atoms with Crippen LogP contribution in [0.1, 0.15) is 37.3 Å². The Labute approximate surface area is 141 Å². The van der Waals surface area contributed by atoms with Gasteiger partial charge < -0.3 is 9.47 Å². The number of benzene rings is 1. The van der Waals surface area contributed by atoms with Crippen LogP contribution in [0.25, 0.3) is 0 Å². The average Bonchev–Trinajstić information content (AvgIpc) is 3.13. The SMILES string of the molecule is COc1ccc([C@@H]2[C@H]3C(=O)CCC[C@H]3N3C(=O)CCN23)cc1OC. The highest BCUT2D eigenvalue weighted by molar-refractivity contribution is 5.87. The number of nitrogens with zero attached hydrogens (tertiary/aromatic N) is 2. The predicted molar refractivity (Wildman–Crippen MR) is 86.6 cm³/mol. The smallest absolute Gasteiger partial charge is 0.238 e. The van der Waals surface area contributed by atoms with Crippen molar-refractivity contribution in [3.8, 4) is 11.5 Å². The number of amides is 1. The summed E-state index contributed by atoms with van der Waals surface area (Å²) in [7, 11) is 3.21. The molecule has 0 unspecified atom stereocenters. The molecule has 1 aromatic rings. The number of ketones is 1. The lowest BCUT2D eigenvalue weighted by Crippen LogP contribution is -2.42. The molecule has 0 aromatic heterocycles. The van der Waals surface area contributed by atoms with E-state index in [2.05, 4.69) is 5.01 Å². The highest BCUT2D eigenvalue weighted by atomic mass is 16.5. The molecule has 3 fully saturated rings. The maximum atomic E-state index is 12.7. The van der Waals surface area contributed by atoms with Gasteiger partial charge >= 0.3 is 0 Å². The molecule has 3 aliphatic rings. The molecule has 2 heterocycles. The number of fused-ring (bicyclic) bond motifs is 3. The zero-order valence-corrected chi connectivity index (χ0v) is 14.0. The minimum atomic E-state index is -0.138. The number of carbonyl (C=O) groups excluding carboxylic acids is 2. The van der Waals surface area contributed by atoms with Crippen molar-refractivity contribution in [2.75, 3.05) is 20.8 Å². The van der Waals surface area contributed by atoms with Gasteiger partial charge in [0.05, 0.1) is 32.2 Å². The third-order valence-corrected chi connectivity index (χ3v) is 5.52. The Kier molecular flexibility index (Phi) is 3.72. The van der Waals surface area contributed by atoms with Gasteiger partial charge in [0.1, 0.15) is 5.78 Å². The minimum Gasteiger partial charge on any atom is -0.493 e. The van der Waals surface area contributed by atoms with Crippen LogP contribution in [0.3, 0.4) is 0 Å². The van der Waals surface area contributed by atoms with Gasteiger partial charge in [0.15, 0.2) is 11.5 Å². The van der Waals surface area contributed by atoms with E-state index < -0.39 is 0 Å². The molecule has 1 aliphatic carbocycles. The Morgan fingerprint density at radius 1 is 1.08 bits per heavy atom. The number of hydrogen-bond acceptors (Lipinski definition) is 5. The number of Topliss-reactive ketones (excluding diaryl/α,β-unsaturated/α-hetero) is 1. The van der Waals surface area contributed by atoms with Crippen molar-refractivity contribution in [3.05, 3.63) is 23.8 Å². The molecule has 1 aromatic carbocycles. The molecule has 4 rings (SSSR count). The highest BCUT2D eigenvalue weighted by Gasteiger charge is 2.56. The minimum absolute atomic E-state index is 0.0133. The Bertz CT molecular complexity index is 690. The second-order valence-electron chi connectivity index (χ2n) is 6.66. The summed E-state index contributed by atoms with van der Waals surface area (Å²) in [5.41, 5.74) is 1.01. The number of carbonyl (C=O) groups is 2. The highest BCUT2D eigenvalue weighted by Crippen LogP contribution is 2.49. The first-order valence-corrected chi connectivity index (χ1v) is 8.49. The van der Waals surface area contributed by atoms with Crippen molar-refractivity contribution in [2.24, 2.45) is 5.92 Å². The predicted octanol–water partition coefficient (Wildman–Crippen LogP) is 1.95. The zero-order chi connectivity index (χ0) is 16.8. The molecule has 1 amide bonds. The molecule has 2 aliphatic heterocycles. The molecular weight excluding hydrogens is 308 g/mol.